The maximum atomic E-state index is 13.8. The molecule has 0 spiro atoms. The molecule has 0 aliphatic heterocycles. The Morgan fingerprint density at radius 1 is 1.27 bits per heavy atom. The van der Waals surface area contributed by atoms with Gasteiger partial charge < -0.3 is 5.32 Å². The molecule has 0 heterocycles. The van der Waals surface area contributed by atoms with Crippen molar-refractivity contribution in [1.29, 1.82) is 0 Å². The molecule has 2 aromatic rings. The first kappa shape index (κ1) is 24.5. The SMILES string of the molecule is Cc1ccc(C)c(N([C@H](C)C(=O)NCCSCc2c(F)cccc2Cl)S(C)(=O)=O)c1. The predicted molar refractivity (Wildman–Crippen MR) is 123 cm³/mol. The number of hydrogen-bond donors (Lipinski definition) is 1. The molecule has 9 heteroatoms. The zero-order chi connectivity index (χ0) is 22.5. The summed E-state index contributed by atoms with van der Waals surface area (Å²) in [7, 11) is -3.67. The first-order valence-corrected chi connectivity index (χ1v) is 12.8. The lowest BCUT2D eigenvalue weighted by molar-refractivity contribution is -0.121. The van der Waals surface area contributed by atoms with Gasteiger partial charge in [0.15, 0.2) is 0 Å². The molecule has 1 amide bonds. The third kappa shape index (κ3) is 6.36. The summed E-state index contributed by atoms with van der Waals surface area (Å²) in [5, 5.41) is 3.13. The second-order valence-electron chi connectivity index (χ2n) is 7.07. The summed E-state index contributed by atoms with van der Waals surface area (Å²) in [5.74, 6) is 0.163. The van der Waals surface area contributed by atoms with Crippen molar-refractivity contribution in [3.63, 3.8) is 0 Å². The number of nitrogens with zero attached hydrogens (tertiary/aromatic N) is 1. The van der Waals surface area contributed by atoms with E-state index in [1.165, 1.54) is 17.8 Å². The van der Waals surface area contributed by atoms with E-state index in [1.807, 2.05) is 26.0 Å². The maximum Gasteiger partial charge on any atom is 0.243 e. The molecule has 0 bridgehead atoms. The van der Waals surface area contributed by atoms with Crippen LogP contribution in [0.15, 0.2) is 36.4 Å². The van der Waals surface area contributed by atoms with Crippen LogP contribution < -0.4 is 9.62 Å². The van der Waals surface area contributed by atoms with Crippen molar-refractivity contribution in [3.05, 3.63) is 63.9 Å². The normalized spacial score (nSPS) is 12.5. The van der Waals surface area contributed by atoms with Crippen LogP contribution >= 0.6 is 23.4 Å². The summed E-state index contributed by atoms with van der Waals surface area (Å²) in [6.45, 7) is 5.56. The van der Waals surface area contributed by atoms with Crippen LogP contribution in [0.5, 0.6) is 0 Å². The molecule has 0 aliphatic carbocycles. The number of hydrogen-bond acceptors (Lipinski definition) is 4. The third-order valence-electron chi connectivity index (χ3n) is 4.54. The number of rotatable bonds is 9. The van der Waals surface area contributed by atoms with Crippen LogP contribution in [0.3, 0.4) is 0 Å². The summed E-state index contributed by atoms with van der Waals surface area (Å²) < 4.78 is 39.8. The second-order valence-corrected chi connectivity index (χ2v) is 10.4. The van der Waals surface area contributed by atoms with Gasteiger partial charge >= 0.3 is 0 Å². The largest absolute Gasteiger partial charge is 0.353 e. The Kier molecular flexibility index (Phi) is 8.58. The first-order valence-electron chi connectivity index (χ1n) is 9.37. The van der Waals surface area contributed by atoms with Crippen LogP contribution in [-0.2, 0) is 20.6 Å². The van der Waals surface area contributed by atoms with Crippen molar-refractivity contribution < 1.29 is 17.6 Å². The Balaban J connectivity index is 1.98. The summed E-state index contributed by atoms with van der Waals surface area (Å²) >= 11 is 7.44. The van der Waals surface area contributed by atoms with Gasteiger partial charge in [0.05, 0.1) is 11.9 Å². The Labute approximate surface area is 187 Å². The fourth-order valence-electron chi connectivity index (χ4n) is 2.98. The molecule has 0 saturated heterocycles. The number of benzene rings is 2. The van der Waals surface area contributed by atoms with Crippen molar-refractivity contribution in [2.24, 2.45) is 0 Å². The number of nitrogens with one attached hydrogen (secondary N) is 1. The molecular formula is C21H26ClFN2O3S2. The molecule has 0 fully saturated rings. The number of sulfonamides is 1. The van der Waals surface area contributed by atoms with Crippen molar-refractivity contribution in [3.8, 4) is 0 Å². The molecule has 164 valence electrons. The zero-order valence-corrected chi connectivity index (χ0v) is 19.8. The number of aryl methyl sites for hydroxylation is 2. The minimum absolute atomic E-state index is 0.324. The van der Waals surface area contributed by atoms with Crippen molar-refractivity contribution >= 4 is 45.0 Å². The van der Waals surface area contributed by atoms with Crippen molar-refractivity contribution in [1.82, 2.24) is 5.32 Å². The number of carbonyl (C=O) groups excluding carboxylic acids is 1. The highest BCUT2D eigenvalue weighted by Gasteiger charge is 2.30. The van der Waals surface area contributed by atoms with Crippen LogP contribution in [0.25, 0.3) is 0 Å². The summed E-state index contributed by atoms with van der Waals surface area (Å²) in [4.78, 5) is 12.6. The lowest BCUT2D eigenvalue weighted by Gasteiger charge is -2.29. The molecule has 2 aromatic carbocycles. The Morgan fingerprint density at radius 3 is 2.60 bits per heavy atom. The van der Waals surface area contributed by atoms with Crippen LogP contribution in [0.1, 0.15) is 23.6 Å². The molecule has 5 nitrogen and oxygen atoms in total. The molecule has 1 atom stereocenters. The fraction of sp³-hybridized carbons (Fsp3) is 0.381. The predicted octanol–water partition coefficient (Wildman–Crippen LogP) is 4.30. The van der Waals surface area contributed by atoms with Gasteiger partial charge in [0.1, 0.15) is 11.9 Å². The van der Waals surface area contributed by atoms with Gasteiger partial charge in [0.25, 0.3) is 0 Å². The van der Waals surface area contributed by atoms with Gasteiger partial charge in [-0.05, 0) is 50.1 Å². The van der Waals surface area contributed by atoms with Gasteiger partial charge in [-0.1, -0.05) is 29.8 Å². The smallest absolute Gasteiger partial charge is 0.243 e. The van der Waals surface area contributed by atoms with Crippen molar-refractivity contribution in [2.75, 3.05) is 22.9 Å². The van der Waals surface area contributed by atoms with Crippen molar-refractivity contribution in [2.45, 2.75) is 32.6 Å². The van der Waals surface area contributed by atoms with Gasteiger partial charge in [-0.15, -0.1) is 0 Å². The Hall–Kier alpha value is -1.77. The second kappa shape index (κ2) is 10.5. The van der Waals surface area contributed by atoms with Gasteiger partial charge in [-0.2, -0.15) is 11.8 Å². The standard InChI is InChI=1S/C21H26ClFN2O3S2/c1-14-8-9-15(2)20(12-14)25(30(4,27)28)16(3)21(26)24-10-11-29-13-17-18(22)6-5-7-19(17)23/h5-9,12,16H,10-11,13H2,1-4H3,(H,24,26)/t16-/m1/s1. The molecule has 0 unspecified atom stereocenters. The van der Waals surface area contributed by atoms with E-state index < -0.39 is 22.0 Å². The van der Waals surface area contributed by atoms with Gasteiger partial charge in [-0.25, -0.2) is 12.8 Å². The highest BCUT2D eigenvalue weighted by Crippen LogP contribution is 2.26. The van der Waals surface area contributed by atoms with Gasteiger partial charge in [0.2, 0.25) is 15.9 Å². The maximum absolute atomic E-state index is 13.8. The number of halogens is 2. The minimum atomic E-state index is -3.67. The van der Waals surface area contributed by atoms with E-state index in [0.29, 0.717) is 34.3 Å². The van der Waals surface area contributed by atoms with E-state index in [1.54, 1.807) is 25.1 Å². The highest BCUT2D eigenvalue weighted by molar-refractivity contribution is 7.98. The molecule has 0 aromatic heterocycles. The topological polar surface area (TPSA) is 66.5 Å². The average Bonchev–Trinajstić information content (AvgIpc) is 2.65. The number of amides is 1. The molecule has 30 heavy (non-hydrogen) atoms. The molecule has 0 aliphatic rings. The van der Waals surface area contributed by atoms with E-state index in [9.17, 15) is 17.6 Å². The highest BCUT2D eigenvalue weighted by atomic mass is 35.5. The monoisotopic (exact) mass is 472 g/mol. The van der Waals surface area contributed by atoms with Crippen LogP contribution in [0.4, 0.5) is 10.1 Å². The Morgan fingerprint density at radius 2 is 1.97 bits per heavy atom. The van der Waals surface area contributed by atoms with Gasteiger partial charge in [-0.3, -0.25) is 9.10 Å². The molecule has 0 radical (unpaired) electrons. The number of anilines is 1. The third-order valence-corrected chi connectivity index (χ3v) is 7.11. The van der Waals surface area contributed by atoms with E-state index >= 15 is 0 Å². The first-order chi connectivity index (χ1) is 14.0. The lowest BCUT2D eigenvalue weighted by Crippen LogP contribution is -2.48. The van der Waals surface area contributed by atoms with Gasteiger partial charge in [0, 0.05) is 28.6 Å². The average molecular weight is 473 g/mol. The van der Waals surface area contributed by atoms with E-state index in [0.717, 1.165) is 21.7 Å². The summed E-state index contributed by atoms with van der Waals surface area (Å²) in [6, 6.07) is 9.12. The fourth-order valence-corrected chi connectivity index (χ4v) is 5.40. The molecular weight excluding hydrogens is 447 g/mol. The quantitative estimate of drug-likeness (QED) is 0.552. The van der Waals surface area contributed by atoms with E-state index in [4.69, 9.17) is 11.6 Å². The molecule has 2 rings (SSSR count). The van der Waals surface area contributed by atoms with Crippen LogP contribution in [0.2, 0.25) is 5.02 Å². The summed E-state index contributed by atoms with van der Waals surface area (Å²) in [6.07, 6.45) is 1.09. The summed E-state index contributed by atoms with van der Waals surface area (Å²) in [5.41, 5.74) is 2.59. The lowest BCUT2D eigenvalue weighted by atomic mass is 10.1. The zero-order valence-electron chi connectivity index (χ0n) is 17.4. The molecule has 1 N–H and O–H groups in total. The minimum Gasteiger partial charge on any atom is -0.353 e. The van der Waals surface area contributed by atoms with Crippen LogP contribution in [-0.4, -0.2) is 38.9 Å². The molecule has 0 saturated carbocycles. The Bertz CT molecular complexity index is 995. The van der Waals surface area contributed by atoms with E-state index in [2.05, 4.69) is 5.32 Å². The van der Waals surface area contributed by atoms with E-state index in [-0.39, 0.29) is 5.82 Å². The van der Waals surface area contributed by atoms with Crippen LogP contribution in [0, 0.1) is 19.7 Å². The number of thioether (sulfide) groups is 1. The number of carbonyl (C=O) groups is 1.